The van der Waals surface area contributed by atoms with Crippen molar-refractivity contribution in [1.29, 1.82) is 0 Å². The predicted molar refractivity (Wildman–Crippen MR) is 58.2 cm³/mol. The minimum atomic E-state index is 0.644. The highest BCUT2D eigenvalue weighted by atomic mass is 15.2. The Balaban J connectivity index is 2.04. The van der Waals surface area contributed by atoms with Crippen molar-refractivity contribution >= 4 is 5.82 Å². The molecule has 1 aliphatic rings. The number of aromatic nitrogens is 1. The largest absolute Gasteiger partial charge is 0.356 e. The first-order valence-corrected chi connectivity index (χ1v) is 5.26. The molecule has 1 aliphatic heterocycles. The van der Waals surface area contributed by atoms with Gasteiger partial charge in [0.1, 0.15) is 5.82 Å². The third kappa shape index (κ3) is 2.04. The maximum Gasteiger partial charge on any atom is 0.128 e. The lowest BCUT2D eigenvalue weighted by Crippen LogP contribution is -2.38. The topological polar surface area (TPSA) is 42.1 Å². The van der Waals surface area contributed by atoms with Crippen LogP contribution in [0.1, 0.15) is 12.8 Å². The molecule has 1 aromatic rings. The van der Waals surface area contributed by atoms with Gasteiger partial charge in [0.25, 0.3) is 0 Å². The van der Waals surface area contributed by atoms with E-state index in [1.807, 2.05) is 18.3 Å². The molecule has 3 nitrogen and oxygen atoms in total. The lowest BCUT2D eigenvalue weighted by Gasteiger charge is -2.32. The first-order chi connectivity index (χ1) is 6.90. The van der Waals surface area contributed by atoms with E-state index in [4.69, 9.17) is 5.73 Å². The second-order valence-electron chi connectivity index (χ2n) is 3.88. The fourth-order valence-corrected chi connectivity index (χ4v) is 2.01. The molecule has 0 radical (unpaired) electrons. The summed E-state index contributed by atoms with van der Waals surface area (Å²) < 4.78 is 0. The zero-order valence-electron chi connectivity index (χ0n) is 8.39. The molecule has 2 rings (SSSR count). The summed E-state index contributed by atoms with van der Waals surface area (Å²) in [4.78, 5) is 6.69. The molecular formula is C11H17N3. The molecule has 0 unspecified atom stereocenters. The van der Waals surface area contributed by atoms with Crippen LogP contribution in [0.25, 0.3) is 0 Å². The van der Waals surface area contributed by atoms with Gasteiger partial charge in [-0.1, -0.05) is 6.07 Å². The maximum atomic E-state index is 5.70. The van der Waals surface area contributed by atoms with Crippen molar-refractivity contribution in [2.45, 2.75) is 12.8 Å². The van der Waals surface area contributed by atoms with Crippen LogP contribution in [0, 0.1) is 5.92 Å². The molecule has 0 saturated carbocycles. The van der Waals surface area contributed by atoms with Gasteiger partial charge in [0.2, 0.25) is 0 Å². The van der Waals surface area contributed by atoms with Gasteiger partial charge in [-0.05, 0) is 37.4 Å². The normalized spacial score (nSPS) is 22.4. The average Bonchev–Trinajstić information content (AvgIpc) is 2.30. The molecule has 1 aromatic heterocycles. The highest BCUT2D eigenvalue weighted by molar-refractivity contribution is 5.38. The fraction of sp³-hybridized carbons (Fsp3) is 0.545. The van der Waals surface area contributed by atoms with E-state index >= 15 is 0 Å². The Bertz CT molecular complexity index is 273. The minimum absolute atomic E-state index is 0.644. The molecular weight excluding hydrogens is 174 g/mol. The van der Waals surface area contributed by atoms with E-state index in [0.717, 1.165) is 25.5 Å². The zero-order valence-corrected chi connectivity index (χ0v) is 8.39. The molecule has 0 aromatic carbocycles. The number of pyridine rings is 1. The molecule has 0 amide bonds. The highest BCUT2D eigenvalue weighted by Gasteiger charge is 2.19. The molecule has 14 heavy (non-hydrogen) atoms. The van der Waals surface area contributed by atoms with Crippen molar-refractivity contribution in [2.75, 3.05) is 24.5 Å². The zero-order chi connectivity index (χ0) is 9.80. The van der Waals surface area contributed by atoms with Crippen molar-refractivity contribution in [3.05, 3.63) is 24.4 Å². The Labute approximate surface area is 84.9 Å². The van der Waals surface area contributed by atoms with E-state index in [0.29, 0.717) is 5.92 Å². The van der Waals surface area contributed by atoms with Gasteiger partial charge in [-0.15, -0.1) is 0 Å². The van der Waals surface area contributed by atoms with Gasteiger partial charge in [0.15, 0.2) is 0 Å². The van der Waals surface area contributed by atoms with Gasteiger partial charge in [0, 0.05) is 19.3 Å². The van der Waals surface area contributed by atoms with Gasteiger partial charge in [-0.2, -0.15) is 0 Å². The number of nitrogens with two attached hydrogens (primary N) is 1. The molecule has 0 spiro atoms. The summed E-state index contributed by atoms with van der Waals surface area (Å²) in [5.41, 5.74) is 5.70. The van der Waals surface area contributed by atoms with Crippen molar-refractivity contribution < 1.29 is 0 Å². The van der Waals surface area contributed by atoms with Crippen LogP contribution in [0.15, 0.2) is 24.4 Å². The number of hydrogen-bond donors (Lipinski definition) is 1. The molecule has 0 aliphatic carbocycles. The summed E-state index contributed by atoms with van der Waals surface area (Å²) >= 11 is 0. The summed E-state index contributed by atoms with van der Waals surface area (Å²) in [6.45, 7) is 2.98. The van der Waals surface area contributed by atoms with E-state index < -0.39 is 0 Å². The molecule has 76 valence electrons. The second kappa shape index (κ2) is 4.42. The first kappa shape index (κ1) is 9.46. The number of piperidine rings is 1. The summed E-state index contributed by atoms with van der Waals surface area (Å²) in [5, 5.41) is 0. The van der Waals surface area contributed by atoms with E-state index in [-0.39, 0.29) is 0 Å². The third-order valence-corrected chi connectivity index (χ3v) is 2.83. The summed E-state index contributed by atoms with van der Waals surface area (Å²) in [6.07, 6.45) is 4.35. The molecule has 3 heteroatoms. The lowest BCUT2D eigenvalue weighted by molar-refractivity contribution is 0.422. The summed E-state index contributed by atoms with van der Waals surface area (Å²) in [7, 11) is 0. The fourth-order valence-electron chi connectivity index (χ4n) is 2.01. The van der Waals surface area contributed by atoms with Crippen LogP contribution in [0.3, 0.4) is 0 Å². The van der Waals surface area contributed by atoms with Crippen LogP contribution in [0.5, 0.6) is 0 Å². The molecule has 1 saturated heterocycles. The highest BCUT2D eigenvalue weighted by Crippen LogP contribution is 2.20. The number of rotatable bonds is 2. The quantitative estimate of drug-likeness (QED) is 0.765. The predicted octanol–water partition coefficient (Wildman–Crippen LogP) is 1.26. The third-order valence-electron chi connectivity index (χ3n) is 2.83. The molecule has 1 atom stereocenters. The number of anilines is 1. The Morgan fingerprint density at radius 3 is 3.14 bits per heavy atom. The summed E-state index contributed by atoms with van der Waals surface area (Å²) in [6, 6.07) is 6.06. The van der Waals surface area contributed by atoms with Crippen LogP contribution in [-0.2, 0) is 0 Å². The van der Waals surface area contributed by atoms with E-state index in [1.54, 1.807) is 0 Å². The smallest absolute Gasteiger partial charge is 0.128 e. The van der Waals surface area contributed by atoms with Crippen molar-refractivity contribution in [2.24, 2.45) is 11.7 Å². The second-order valence-corrected chi connectivity index (χ2v) is 3.88. The van der Waals surface area contributed by atoms with Crippen LogP contribution in [0.4, 0.5) is 5.82 Å². The monoisotopic (exact) mass is 191 g/mol. The van der Waals surface area contributed by atoms with Crippen molar-refractivity contribution in [3.63, 3.8) is 0 Å². The van der Waals surface area contributed by atoms with Crippen LogP contribution in [-0.4, -0.2) is 24.6 Å². The van der Waals surface area contributed by atoms with Gasteiger partial charge >= 0.3 is 0 Å². The molecule has 0 bridgehead atoms. The van der Waals surface area contributed by atoms with Gasteiger partial charge in [0.05, 0.1) is 0 Å². The molecule has 2 N–H and O–H groups in total. The Hall–Kier alpha value is -1.09. The van der Waals surface area contributed by atoms with Crippen molar-refractivity contribution in [1.82, 2.24) is 4.98 Å². The van der Waals surface area contributed by atoms with Crippen LogP contribution < -0.4 is 10.6 Å². The first-order valence-electron chi connectivity index (χ1n) is 5.26. The minimum Gasteiger partial charge on any atom is -0.356 e. The average molecular weight is 191 g/mol. The van der Waals surface area contributed by atoms with E-state index in [2.05, 4.69) is 16.0 Å². The van der Waals surface area contributed by atoms with Gasteiger partial charge < -0.3 is 10.6 Å². The SMILES string of the molecule is NC[C@@H]1CCCN(c2ccccn2)C1. The molecule has 1 fully saturated rings. The van der Waals surface area contributed by atoms with E-state index in [9.17, 15) is 0 Å². The maximum absolute atomic E-state index is 5.70. The Kier molecular flexibility index (Phi) is 2.99. The Morgan fingerprint density at radius 1 is 1.50 bits per heavy atom. The lowest BCUT2D eigenvalue weighted by atomic mass is 9.98. The number of nitrogens with zero attached hydrogens (tertiary/aromatic N) is 2. The van der Waals surface area contributed by atoms with Gasteiger partial charge in [-0.25, -0.2) is 4.98 Å². The number of hydrogen-bond acceptors (Lipinski definition) is 3. The van der Waals surface area contributed by atoms with Crippen molar-refractivity contribution in [3.8, 4) is 0 Å². The van der Waals surface area contributed by atoms with Gasteiger partial charge in [-0.3, -0.25) is 0 Å². The van der Waals surface area contributed by atoms with Crippen LogP contribution >= 0.6 is 0 Å². The van der Waals surface area contributed by atoms with E-state index in [1.165, 1.54) is 12.8 Å². The van der Waals surface area contributed by atoms with Crippen LogP contribution in [0.2, 0.25) is 0 Å². The Morgan fingerprint density at radius 2 is 2.43 bits per heavy atom. The molecule has 2 heterocycles. The summed E-state index contributed by atoms with van der Waals surface area (Å²) in [5.74, 6) is 1.73. The standard InChI is InChI=1S/C11H17N3/c12-8-10-4-3-7-14(9-10)11-5-1-2-6-13-11/h1-2,5-6,10H,3-4,7-9,12H2/t10-/m0/s1.